The summed E-state index contributed by atoms with van der Waals surface area (Å²) in [6, 6.07) is 12.5. The van der Waals surface area contributed by atoms with Crippen molar-refractivity contribution in [2.75, 3.05) is 13.2 Å². The average molecular weight is 428 g/mol. The van der Waals surface area contributed by atoms with Gasteiger partial charge < -0.3 is 9.47 Å². The number of hydroxylamine groups is 2. The third kappa shape index (κ3) is 4.45. The lowest BCUT2D eigenvalue weighted by atomic mass is 10.0. The van der Waals surface area contributed by atoms with Crippen LogP contribution >= 0.6 is 11.6 Å². The first-order valence-electron chi connectivity index (χ1n) is 8.36. The Bertz CT molecular complexity index is 929. The van der Waals surface area contributed by atoms with Gasteiger partial charge in [0.25, 0.3) is 5.91 Å². The van der Waals surface area contributed by atoms with Gasteiger partial charge in [-0.2, -0.15) is 0 Å². The molecule has 1 fully saturated rings. The lowest BCUT2D eigenvalue weighted by Gasteiger charge is -2.30. The molecule has 1 amide bonds. The number of rotatable bonds is 5. The van der Waals surface area contributed by atoms with E-state index in [0.29, 0.717) is 16.5 Å². The van der Waals surface area contributed by atoms with E-state index >= 15 is 0 Å². The summed E-state index contributed by atoms with van der Waals surface area (Å²) >= 11 is 5.82. The number of nitrogens with zero attached hydrogens (tertiary/aromatic N) is 1. The smallest absolute Gasteiger partial charge is 0.279 e. The number of benzene rings is 2. The van der Waals surface area contributed by atoms with Crippen LogP contribution in [0.15, 0.2) is 53.4 Å². The molecule has 10 heteroatoms. The summed E-state index contributed by atoms with van der Waals surface area (Å²) in [5.41, 5.74) is 0. The lowest BCUT2D eigenvalue weighted by Crippen LogP contribution is -2.46. The van der Waals surface area contributed by atoms with Crippen molar-refractivity contribution in [3.05, 3.63) is 53.6 Å². The summed E-state index contributed by atoms with van der Waals surface area (Å²) in [6.45, 7) is -0.0552. The molecule has 0 spiro atoms. The second-order valence-electron chi connectivity index (χ2n) is 6.21. The van der Waals surface area contributed by atoms with Crippen molar-refractivity contribution in [1.29, 1.82) is 0 Å². The molecule has 0 aliphatic carbocycles. The first-order valence-corrected chi connectivity index (χ1v) is 10.3. The molecule has 2 N–H and O–H groups in total. The summed E-state index contributed by atoms with van der Waals surface area (Å²) in [4.78, 5) is 11.9. The van der Waals surface area contributed by atoms with Crippen molar-refractivity contribution < 1.29 is 33.1 Å². The number of carbonyl (C=O) groups is 1. The molecular formula is C18H18ClNO7S. The fraction of sp³-hybridized carbons (Fsp3) is 0.278. The number of carbonyl (C=O) groups excluding carboxylic acids is 1. The highest BCUT2D eigenvalue weighted by Gasteiger charge is 2.42. The molecule has 2 atom stereocenters. The van der Waals surface area contributed by atoms with E-state index in [-0.39, 0.29) is 24.5 Å². The topological polar surface area (TPSA) is 113 Å². The summed E-state index contributed by atoms with van der Waals surface area (Å²) in [5, 5.41) is 16.8. The largest absolute Gasteiger partial charge is 0.457 e. The number of amides is 1. The van der Waals surface area contributed by atoms with Gasteiger partial charge in [0.2, 0.25) is 0 Å². The number of hydrogen-bond acceptors (Lipinski definition) is 7. The monoisotopic (exact) mass is 427 g/mol. The summed E-state index contributed by atoms with van der Waals surface area (Å²) in [6.07, 6.45) is 0.0651. The minimum Gasteiger partial charge on any atom is -0.457 e. The van der Waals surface area contributed by atoms with Crippen LogP contribution in [0, 0.1) is 5.92 Å². The van der Waals surface area contributed by atoms with Gasteiger partial charge in [0, 0.05) is 11.6 Å². The fourth-order valence-electron chi connectivity index (χ4n) is 2.98. The fourth-order valence-corrected chi connectivity index (χ4v) is 5.00. The van der Waals surface area contributed by atoms with E-state index in [1.807, 2.05) is 0 Å². The summed E-state index contributed by atoms with van der Waals surface area (Å²) < 4.78 is 36.8. The summed E-state index contributed by atoms with van der Waals surface area (Å²) in [7, 11) is -3.91. The second-order valence-corrected chi connectivity index (χ2v) is 8.81. The van der Waals surface area contributed by atoms with Gasteiger partial charge >= 0.3 is 0 Å². The molecule has 150 valence electrons. The standard InChI is InChI=1S/C18H18ClNO7S/c19-12-1-3-13(4-2-12)27-14-5-7-15(8-6-14)28(24,25)17-9-10-26-11-16(17)18(21)20(22)23/h1-8,16-17,22-23H,9-11H2. The van der Waals surface area contributed by atoms with Crippen LogP contribution in [0.2, 0.25) is 5.02 Å². The number of halogens is 1. The van der Waals surface area contributed by atoms with Gasteiger partial charge in [-0.3, -0.25) is 15.2 Å². The van der Waals surface area contributed by atoms with Crippen LogP contribution in [0.5, 0.6) is 11.5 Å². The van der Waals surface area contributed by atoms with Gasteiger partial charge in [0.05, 0.1) is 22.7 Å². The van der Waals surface area contributed by atoms with Crippen LogP contribution in [0.1, 0.15) is 6.42 Å². The van der Waals surface area contributed by atoms with E-state index in [2.05, 4.69) is 0 Å². The van der Waals surface area contributed by atoms with E-state index in [0.717, 1.165) is 0 Å². The molecule has 0 aromatic heterocycles. The van der Waals surface area contributed by atoms with Crippen LogP contribution in [-0.4, -0.2) is 48.4 Å². The Morgan fingerprint density at radius 2 is 1.64 bits per heavy atom. The highest BCUT2D eigenvalue weighted by atomic mass is 35.5. The van der Waals surface area contributed by atoms with Crippen LogP contribution < -0.4 is 4.74 Å². The highest BCUT2D eigenvalue weighted by Crippen LogP contribution is 2.30. The molecule has 0 saturated carbocycles. The van der Waals surface area contributed by atoms with Crippen molar-refractivity contribution in [1.82, 2.24) is 5.23 Å². The van der Waals surface area contributed by atoms with Crippen molar-refractivity contribution >= 4 is 27.3 Å². The molecule has 3 rings (SSSR count). The normalized spacial score (nSPS) is 19.8. The van der Waals surface area contributed by atoms with E-state index in [1.54, 1.807) is 24.3 Å². The van der Waals surface area contributed by atoms with Crippen LogP contribution in [-0.2, 0) is 19.4 Å². The average Bonchev–Trinajstić information content (AvgIpc) is 2.69. The minimum absolute atomic E-state index is 0.00286. The Morgan fingerprint density at radius 1 is 1.07 bits per heavy atom. The molecule has 1 heterocycles. The number of ether oxygens (including phenoxy) is 2. The quantitative estimate of drug-likeness (QED) is 0.557. The minimum atomic E-state index is -3.91. The van der Waals surface area contributed by atoms with Crippen molar-refractivity contribution in [2.45, 2.75) is 16.6 Å². The van der Waals surface area contributed by atoms with Crippen LogP contribution in [0.25, 0.3) is 0 Å². The Morgan fingerprint density at radius 3 is 2.21 bits per heavy atom. The lowest BCUT2D eigenvalue weighted by molar-refractivity contribution is -0.289. The third-order valence-electron chi connectivity index (χ3n) is 4.41. The maximum atomic E-state index is 13.0. The van der Waals surface area contributed by atoms with E-state index in [1.165, 1.54) is 24.3 Å². The van der Waals surface area contributed by atoms with Crippen LogP contribution in [0.3, 0.4) is 0 Å². The van der Waals surface area contributed by atoms with Crippen molar-refractivity contribution in [3.63, 3.8) is 0 Å². The molecule has 28 heavy (non-hydrogen) atoms. The number of hydrogen-bond donors (Lipinski definition) is 2. The zero-order valence-electron chi connectivity index (χ0n) is 14.6. The Labute approximate surface area is 166 Å². The van der Waals surface area contributed by atoms with Crippen molar-refractivity contribution in [3.8, 4) is 11.5 Å². The van der Waals surface area contributed by atoms with E-state index in [9.17, 15) is 13.2 Å². The van der Waals surface area contributed by atoms with Gasteiger partial charge in [0.15, 0.2) is 9.84 Å². The van der Waals surface area contributed by atoms with E-state index < -0.39 is 32.1 Å². The molecule has 2 aromatic carbocycles. The SMILES string of the molecule is O=C(C1COCCC1S(=O)(=O)c1ccc(Oc2ccc(Cl)cc2)cc1)N(O)O. The first-order chi connectivity index (χ1) is 13.3. The Hall–Kier alpha value is -2.17. The molecule has 1 aliphatic heterocycles. The molecule has 0 radical (unpaired) electrons. The Balaban J connectivity index is 1.80. The van der Waals surface area contributed by atoms with Gasteiger partial charge in [0.1, 0.15) is 11.5 Å². The number of sulfone groups is 1. The zero-order chi connectivity index (χ0) is 20.3. The zero-order valence-corrected chi connectivity index (χ0v) is 16.1. The van der Waals surface area contributed by atoms with Gasteiger partial charge in [-0.1, -0.05) is 16.8 Å². The van der Waals surface area contributed by atoms with E-state index in [4.69, 9.17) is 31.5 Å². The maximum Gasteiger partial charge on any atom is 0.279 e. The second kappa shape index (κ2) is 8.46. The third-order valence-corrected chi connectivity index (χ3v) is 6.95. The molecular weight excluding hydrogens is 410 g/mol. The maximum absolute atomic E-state index is 13.0. The molecule has 8 nitrogen and oxygen atoms in total. The first kappa shape index (κ1) is 20.6. The van der Waals surface area contributed by atoms with Gasteiger partial charge in [-0.05, 0) is 55.0 Å². The van der Waals surface area contributed by atoms with Crippen molar-refractivity contribution in [2.24, 2.45) is 5.92 Å². The predicted molar refractivity (Wildman–Crippen MR) is 98.3 cm³/mol. The van der Waals surface area contributed by atoms with Crippen LogP contribution in [0.4, 0.5) is 0 Å². The highest BCUT2D eigenvalue weighted by molar-refractivity contribution is 7.92. The molecule has 0 bridgehead atoms. The Kier molecular flexibility index (Phi) is 6.21. The molecule has 2 aromatic rings. The predicted octanol–water partition coefficient (Wildman–Crippen LogP) is 2.92. The molecule has 1 aliphatic rings. The molecule has 2 unspecified atom stereocenters. The summed E-state index contributed by atoms with van der Waals surface area (Å²) in [5.74, 6) is -1.37. The van der Waals surface area contributed by atoms with Gasteiger partial charge in [-0.15, -0.1) is 0 Å². The van der Waals surface area contributed by atoms with Gasteiger partial charge in [-0.25, -0.2) is 8.42 Å². The molecule has 1 saturated heterocycles.